The molecule has 0 aliphatic carbocycles. The molecule has 2 aromatic carbocycles. The minimum absolute atomic E-state index is 0.0301. The quantitative estimate of drug-likeness (QED) is 0.498. The second kappa shape index (κ2) is 7.37. The molecule has 0 spiro atoms. The maximum atomic E-state index is 12.5. The number of amides is 1. The van der Waals surface area contributed by atoms with Gasteiger partial charge in [-0.15, -0.1) is 0 Å². The fourth-order valence-corrected chi connectivity index (χ4v) is 3.39. The number of pyridine rings is 1. The first-order valence-corrected chi connectivity index (χ1v) is 9.11. The summed E-state index contributed by atoms with van der Waals surface area (Å²) < 4.78 is 5.42. The lowest BCUT2D eigenvalue weighted by atomic mass is 10.1. The molecule has 1 aliphatic rings. The van der Waals surface area contributed by atoms with Crippen molar-refractivity contribution in [3.8, 4) is 0 Å². The molecule has 1 aliphatic heterocycles. The van der Waals surface area contributed by atoms with Crippen LogP contribution >= 0.6 is 11.6 Å². The van der Waals surface area contributed by atoms with Gasteiger partial charge in [-0.2, -0.15) is 0 Å². The Morgan fingerprint density at radius 3 is 2.81 bits per heavy atom. The SMILES string of the molecule is O=C(OCc1cc2ccccc2nc1Cl)c1cccc(N2CCCC2=O)c1. The third-order valence-electron chi connectivity index (χ3n) is 4.58. The Hall–Kier alpha value is -2.92. The Morgan fingerprint density at radius 1 is 1.15 bits per heavy atom. The molecule has 2 heterocycles. The maximum Gasteiger partial charge on any atom is 0.338 e. The zero-order chi connectivity index (χ0) is 18.8. The minimum Gasteiger partial charge on any atom is -0.457 e. The number of benzene rings is 2. The molecule has 1 fully saturated rings. The topological polar surface area (TPSA) is 59.5 Å². The number of aromatic nitrogens is 1. The number of rotatable bonds is 4. The van der Waals surface area contributed by atoms with E-state index in [1.165, 1.54) is 0 Å². The standard InChI is InChI=1S/C21H17ClN2O3/c22-20-16(11-14-5-1-2-8-18(14)23-20)13-27-21(26)15-6-3-7-17(12-15)24-10-4-9-19(24)25/h1-3,5-8,11-12H,4,9-10,13H2. The van der Waals surface area contributed by atoms with Gasteiger partial charge in [0.15, 0.2) is 0 Å². The number of nitrogens with zero attached hydrogens (tertiary/aromatic N) is 2. The number of ether oxygens (including phenoxy) is 1. The summed E-state index contributed by atoms with van der Waals surface area (Å²) in [4.78, 5) is 30.4. The van der Waals surface area contributed by atoms with Crippen molar-refractivity contribution in [2.75, 3.05) is 11.4 Å². The molecule has 3 aromatic rings. The summed E-state index contributed by atoms with van der Waals surface area (Å²) in [6.45, 7) is 0.706. The molecular weight excluding hydrogens is 364 g/mol. The molecule has 0 saturated carbocycles. The van der Waals surface area contributed by atoms with E-state index in [0.29, 0.717) is 29.2 Å². The van der Waals surface area contributed by atoms with Crippen molar-refractivity contribution in [3.05, 3.63) is 70.9 Å². The lowest BCUT2D eigenvalue weighted by Gasteiger charge is -2.16. The third-order valence-corrected chi connectivity index (χ3v) is 4.90. The molecule has 5 nitrogen and oxygen atoms in total. The van der Waals surface area contributed by atoms with Gasteiger partial charge in [0.25, 0.3) is 0 Å². The predicted octanol–water partition coefficient (Wildman–Crippen LogP) is 4.37. The first kappa shape index (κ1) is 17.5. The summed E-state index contributed by atoms with van der Waals surface area (Å²) in [5, 5.41) is 1.25. The molecule has 0 unspecified atom stereocenters. The summed E-state index contributed by atoms with van der Waals surface area (Å²) in [7, 11) is 0. The van der Waals surface area contributed by atoms with E-state index in [0.717, 1.165) is 23.0 Å². The largest absolute Gasteiger partial charge is 0.457 e. The van der Waals surface area contributed by atoms with Gasteiger partial charge in [0.05, 0.1) is 11.1 Å². The van der Waals surface area contributed by atoms with E-state index in [1.807, 2.05) is 36.4 Å². The van der Waals surface area contributed by atoms with E-state index in [-0.39, 0.29) is 12.5 Å². The molecular formula is C21H17ClN2O3. The van der Waals surface area contributed by atoms with Gasteiger partial charge in [-0.25, -0.2) is 9.78 Å². The highest BCUT2D eigenvalue weighted by atomic mass is 35.5. The van der Waals surface area contributed by atoms with E-state index < -0.39 is 5.97 Å². The number of anilines is 1. The van der Waals surface area contributed by atoms with Gasteiger partial charge < -0.3 is 9.64 Å². The van der Waals surface area contributed by atoms with Crippen LogP contribution in [0, 0.1) is 0 Å². The number of fused-ring (bicyclic) bond motifs is 1. The lowest BCUT2D eigenvalue weighted by molar-refractivity contribution is -0.117. The molecule has 1 amide bonds. The van der Waals surface area contributed by atoms with Gasteiger partial charge in [-0.05, 0) is 36.8 Å². The lowest BCUT2D eigenvalue weighted by Crippen LogP contribution is -2.23. The summed E-state index contributed by atoms with van der Waals surface area (Å²) in [5.41, 5.74) is 2.56. The van der Waals surface area contributed by atoms with Crippen molar-refractivity contribution in [2.24, 2.45) is 0 Å². The highest BCUT2D eigenvalue weighted by Crippen LogP contribution is 2.24. The highest BCUT2D eigenvalue weighted by molar-refractivity contribution is 6.30. The first-order valence-electron chi connectivity index (χ1n) is 8.73. The van der Waals surface area contributed by atoms with Crippen LogP contribution in [0.3, 0.4) is 0 Å². The highest BCUT2D eigenvalue weighted by Gasteiger charge is 2.22. The van der Waals surface area contributed by atoms with E-state index in [4.69, 9.17) is 16.3 Å². The summed E-state index contributed by atoms with van der Waals surface area (Å²) in [6, 6.07) is 16.4. The smallest absolute Gasteiger partial charge is 0.338 e. The van der Waals surface area contributed by atoms with Gasteiger partial charge in [0.2, 0.25) is 5.91 Å². The molecule has 0 bridgehead atoms. The van der Waals surface area contributed by atoms with Crippen LogP contribution in [0.2, 0.25) is 5.15 Å². The number of carbonyl (C=O) groups excluding carboxylic acids is 2. The van der Waals surface area contributed by atoms with Crippen molar-refractivity contribution in [3.63, 3.8) is 0 Å². The monoisotopic (exact) mass is 380 g/mol. The second-order valence-corrected chi connectivity index (χ2v) is 6.76. The summed E-state index contributed by atoms with van der Waals surface area (Å²) in [5.74, 6) is -0.387. The molecule has 0 atom stereocenters. The number of para-hydroxylation sites is 1. The summed E-state index contributed by atoms with van der Waals surface area (Å²) in [6.07, 6.45) is 1.38. The third kappa shape index (κ3) is 3.64. The predicted molar refractivity (Wildman–Crippen MR) is 104 cm³/mol. The Morgan fingerprint density at radius 2 is 2.00 bits per heavy atom. The molecule has 27 heavy (non-hydrogen) atoms. The number of hydrogen-bond donors (Lipinski definition) is 0. The Balaban J connectivity index is 1.50. The zero-order valence-corrected chi connectivity index (χ0v) is 15.3. The van der Waals surface area contributed by atoms with Crippen molar-refractivity contribution < 1.29 is 14.3 Å². The Labute approximate surface area is 161 Å². The van der Waals surface area contributed by atoms with Gasteiger partial charge in [0.1, 0.15) is 11.8 Å². The van der Waals surface area contributed by atoms with Crippen molar-refractivity contribution in [2.45, 2.75) is 19.4 Å². The van der Waals surface area contributed by atoms with Gasteiger partial charge in [0, 0.05) is 29.6 Å². The van der Waals surface area contributed by atoms with Crippen LogP contribution in [0.4, 0.5) is 5.69 Å². The molecule has 6 heteroatoms. The minimum atomic E-state index is -0.465. The molecule has 4 rings (SSSR count). The fraction of sp³-hybridized carbons (Fsp3) is 0.190. The second-order valence-electron chi connectivity index (χ2n) is 6.41. The van der Waals surface area contributed by atoms with E-state index >= 15 is 0 Å². The van der Waals surface area contributed by atoms with E-state index in [9.17, 15) is 9.59 Å². The summed E-state index contributed by atoms with van der Waals surface area (Å²) >= 11 is 6.21. The number of esters is 1. The first-order chi connectivity index (χ1) is 13.1. The van der Waals surface area contributed by atoms with Crippen LogP contribution in [-0.4, -0.2) is 23.4 Å². The maximum absolute atomic E-state index is 12.5. The van der Waals surface area contributed by atoms with Gasteiger partial charge in [-0.1, -0.05) is 35.9 Å². The van der Waals surface area contributed by atoms with Crippen molar-refractivity contribution >= 4 is 40.1 Å². The van der Waals surface area contributed by atoms with Crippen LogP contribution in [0.1, 0.15) is 28.8 Å². The average molecular weight is 381 g/mol. The van der Waals surface area contributed by atoms with Gasteiger partial charge in [-0.3, -0.25) is 4.79 Å². The van der Waals surface area contributed by atoms with Crippen molar-refractivity contribution in [1.29, 1.82) is 0 Å². The van der Waals surface area contributed by atoms with Crippen LogP contribution in [0.15, 0.2) is 54.6 Å². The number of hydrogen-bond acceptors (Lipinski definition) is 4. The van der Waals surface area contributed by atoms with Crippen LogP contribution in [0.5, 0.6) is 0 Å². The number of halogens is 1. The fourth-order valence-electron chi connectivity index (χ4n) is 3.19. The van der Waals surface area contributed by atoms with E-state index in [2.05, 4.69) is 4.98 Å². The van der Waals surface area contributed by atoms with E-state index in [1.54, 1.807) is 23.1 Å². The van der Waals surface area contributed by atoms with Gasteiger partial charge >= 0.3 is 5.97 Å². The van der Waals surface area contributed by atoms with Crippen LogP contribution in [0.25, 0.3) is 10.9 Å². The molecule has 0 radical (unpaired) electrons. The van der Waals surface area contributed by atoms with Crippen LogP contribution in [-0.2, 0) is 16.1 Å². The zero-order valence-electron chi connectivity index (χ0n) is 14.5. The van der Waals surface area contributed by atoms with Crippen LogP contribution < -0.4 is 4.90 Å². The normalized spacial score (nSPS) is 14.0. The molecule has 1 saturated heterocycles. The molecule has 0 N–H and O–H groups in total. The molecule has 136 valence electrons. The average Bonchev–Trinajstić information content (AvgIpc) is 3.12. The Bertz CT molecular complexity index is 1030. The van der Waals surface area contributed by atoms with Crippen molar-refractivity contribution in [1.82, 2.24) is 4.98 Å². The number of carbonyl (C=O) groups is 2. The Kier molecular flexibility index (Phi) is 4.77. The molecule has 1 aromatic heterocycles.